The number of H-pyrrole nitrogens is 1. The van der Waals surface area contributed by atoms with Gasteiger partial charge >= 0.3 is 0 Å². The molecule has 0 saturated carbocycles. The minimum absolute atomic E-state index is 0.0460. The Balaban J connectivity index is 1.63. The van der Waals surface area contributed by atoms with Crippen LogP contribution in [0.5, 0.6) is 0 Å². The SMILES string of the molecule is CC(=O)c1c[nH]c(C(=O)N2CCN(c3ccccn3)CC2)c1. The van der Waals surface area contributed by atoms with Gasteiger partial charge in [-0.3, -0.25) is 9.59 Å². The molecule has 6 nitrogen and oxygen atoms in total. The van der Waals surface area contributed by atoms with Gasteiger partial charge in [-0.1, -0.05) is 6.07 Å². The van der Waals surface area contributed by atoms with Crippen LogP contribution < -0.4 is 4.90 Å². The largest absolute Gasteiger partial charge is 0.356 e. The van der Waals surface area contributed by atoms with Crippen LogP contribution in [0.4, 0.5) is 5.82 Å². The molecule has 0 bridgehead atoms. The fourth-order valence-electron chi connectivity index (χ4n) is 2.57. The number of anilines is 1. The van der Waals surface area contributed by atoms with Crippen molar-refractivity contribution in [2.24, 2.45) is 0 Å². The first kappa shape index (κ1) is 14.3. The van der Waals surface area contributed by atoms with Gasteiger partial charge in [0.2, 0.25) is 0 Å². The zero-order valence-corrected chi connectivity index (χ0v) is 12.5. The number of rotatable bonds is 3. The summed E-state index contributed by atoms with van der Waals surface area (Å²) in [5, 5.41) is 0. The molecule has 22 heavy (non-hydrogen) atoms. The van der Waals surface area contributed by atoms with E-state index in [2.05, 4.69) is 14.9 Å². The van der Waals surface area contributed by atoms with Gasteiger partial charge in [-0.25, -0.2) is 4.98 Å². The number of carbonyl (C=O) groups excluding carboxylic acids is 2. The molecule has 1 saturated heterocycles. The maximum absolute atomic E-state index is 12.4. The van der Waals surface area contributed by atoms with Gasteiger partial charge in [0.05, 0.1) is 0 Å². The average Bonchev–Trinajstić information content (AvgIpc) is 3.05. The molecule has 1 aliphatic heterocycles. The van der Waals surface area contributed by atoms with E-state index in [1.54, 1.807) is 23.4 Å². The molecule has 0 unspecified atom stereocenters. The molecule has 0 spiro atoms. The van der Waals surface area contributed by atoms with Crippen LogP contribution in [0.15, 0.2) is 36.7 Å². The van der Waals surface area contributed by atoms with Crippen LogP contribution in [0, 0.1) is 0 Å². The number of Topliss-reactive ketones (excluding diaryl/α,β-unsaturated/α-hetero) is 1. The summed E-state index contributed by atoms with van der Waals surface area (Å²) < 4.78 is 0. The molecule has 0 aliphatic carbocycles. The third-order valence-corrected chi connectivity index (χ3v) is 3.86. The Hall–Kier alpha value is -2.63. The molecule has 1 fully saturated rings. The van der Waals surface area contributed by atoms with Crippen molar-refractivity contribution < 1.29 is 9.59 Å². The fraction of sp³-hybridized carbons (Fsp3) is 0.312. The average molecular weight is 298 g/mol. The lowest BCUT2D eigenvalue weighted by molar-refractivity contribution is 0.0741. The van der Waals surface area contributed by atoms with E-state index in [1.165, 1.54) is 6.92 Å². The summed E-state index contributed by atoms with van der Waals surface area (Å²) in [5.74, 6) is 0.830. The van der Waals surface area contributed by atoms with E-state index in [-0.39, 0.29) is 11.7 Å². The Labute approximate surface area is 128 Å². The molecule has 1 aliphatic rings. The van der Waals surface area contributed by atoms with Gasteiger partial charge in [0.15, 0.2) is 5.78 Å². The highest BCUT2D eigenvalue weighted by Gasteiger charge is 2.23. The van der Waals surface area contributed by atoms with Crippen molar-refractivity contribution in [1.29, 1.82) is 0 Å². The second-order valence-corrected chi connectivity index (χ2v) is 5.33. The first-order chi connectivity index (χ1) is 10.6. The number of aromatic nitrogens is 2. The highest BCUT2D eigenvalue weighted by Crippen LogP contribution is 2.14. The molecule has 6 heteroatoms. The number of nitrogens with zero attached hydrogens (tertiary/aromatic N) is 3. The third-order valence-electron chi connectivity index (χ3n) is 3.86. The first-order valence-electron chi connectivity index (χ1n) is 7.30. The van der Waals surface area contributed by atoms with Crippen LogP contribution in [-0.4, -0.2) is 52.7 Å². The Morgan fingerprint density at radius 2 is 1.95 bits per heavy atom. The molecule has 0 radical (unpaired) electrons. The molecule has 114 valence electrons. The lowest BCUT2D eigenvalue weighted by Gasteiger charge is -2.35. The summed E-state index contributed by atoms with van der Waals surface area (Å²) in [7, 11) is 0. The summed E-state index contributed by atoms with van der Waals surface area (Å²) in [4.78, 5) is 34.9. The summed E-state index contributed by atoms with van der Waals surface area (Å²) in [6, 6.07) is 7.45. The summed E-state index contributed by atoms with van der Waals surface area (Å²) in [6.07, 6.45) is 3.36. The molecular weight excluding hydrogens is 280 g/mol. The quantitative estimate of drug-likeness (QED) is 0.873. The van der Waals surface area contributed by atoms with Crippen LogP contribution in [-0.2, 0) is 0 Å². The highest BCUT2D eigenvalue weighted by atomic mass is 16.2. The van der Waals surface area contributed by atoms with Gasteiger partial charge in [-0.05, 0) is 25.1 Å². The van der Waals surface area contributed by atoms with Crippen LogP contribution in [0.1, 0.15) is 27.8 Å². The van der Waals surface area contributed by atoms with Crippen molar-refractivity contribution in [3.05, 3.63) is 47.9 Å². The molecule has 3 rings (SSSR count). The maximum Gasteiger partial charge on any atom is 0.270 e. The van der Waals surface area contributed by atoms with E-state index in [0.717, 1.165) is 18.9 Å². The Morgan fingerprint density at radius 1 is 1.18 bits per heavy atom. The van der Waals surface area contributed by atoms with E-state index in [9.17, 15) is 9.59 Å². The molecule has 2 aromatic heterocycles. The van der Waals surface area contributed by atoms with E-state index in [0.29, 0.717) is 24.3 Å². The van der Waals surface area contributed by atoms with Crippen molar-refractivity contribution in [3.63, 3.8) is 0 Å². The van der Waals surface area contributed by atoms with Crippen LogP contribution >= 0.6 is 0 Å². The van der Waals surface area contributed by atoms with Crippen LogP contribution in [0.3, 0.4) is 0 Å². The van der Waals surface area contributed by atoms with E-state index < -0.39 is 0 Å². The number of hydrogen-bond donors (Lipinski definition) is 1. The highest BCUT2D eigenvalue weighted by molar-refractivity contribution is 5.99. The van der Waals surface area contributed by atoms with Gasteiger partial charge in [0.1, 0.15) is 11.5 Å². The van der Waals surface area contributed by atoms with Gasteiger partial charge < -0.3 is 14.8 Å². The molecule has 1 N–H and O–H groups in total. The van der Waals surface area contributed by atoms with Crippen molar-refractivity contribution >= 4 is 17.5 Å². The second-order valence-electron chi connectivity index (χ2n) is 5.33. The lowest BCUT2D eigenvalue weighted by Crippen LogP contribution is -2.49. The molecule has 0 aromatic carbocycles. The van der Waals surface area contributed by atoms with Crippen molar-refractivity contribution in [2.75, 3.05) is 31.1 Å². The normalized spacial score (nSPS) is 15.0. The van der Waals surface area contributed by atoms with Crippen molar-refractivity contribution in [1.82, 2.24) is 14.9 Å². The third kappa shape index (κ3) is 2.86. The number of nitrogens with one attached hydrogen (secondary N) is 1. The van der Waals surface area contributed by atoms with Crippen LogP contribution in [0.25, 0.3) is 0 Å². The van der Waals surface area contributed by atoms with Gasteiger partial charge in [0, 0.05) is 44.1 Å². The second kappa shape index (κ2) is 6.01. The number of hydrogen-bond acceptors (Lipinski definition) is 4. The molecule has 3 heterocycles. The molecule has 2 aromatic rings. The first-order valence-corrected chi connectivity index (χ1v) is 7.30. The summed E-state index contributed by atoms with van der Waals surface area (Å²) in [6.45, 7) is 4.28. The minimum Gasteiger partial charge on any atom is -0.356 e. The Kier molecular flexibility index (Phi) is 3.91. The van der Waals surface area contributed by atoms with Gasteiger partial charge in [-0.15, -0.1) is 0 Å². The van der Waals surface area contributed by atoms with E-state index in [1.807, 2.05) is 18.2 Å². The summed E-state index contributed by atoms with van der Waals surface area (Å²) in [5.41, 5.74) is 1.01. The molecule has 1 amide bonds. The lowest BCUT2D eigenvalue weighted by atomic mass is 10.2. The smallest absolute Gasteiger partial charge is 0.270 e. The fourth-order valence-corrected chi connectivity index (χ4v) is 2.57. The predicted octanol–water partition coefficient (Wildman–Crippen LogP) is 1.57. The molecule has 0 atom stereocenters. The van der Waals surface area contributed by atoms with Crippen molar-refractivity contribution in [3.8, 4) is 0 Å². The van der Waals surface area contributed by atoms with Crippen molar-refractivity contribution in [2.45, 2.75) is 6.92 Å². The standard InChI is InChI=1S/C16H18N4O2/c1-12(21)13-10-14(18-11-13)16(22)20-8-6-19(7-9-20)15-4-2-3-5-17-15/h2-5,10-11,18H,6-9H2,1H3. The number of carbonyl (C=O) groups is 2. The Morgan fingerprint density at radius 3 is 2.55 bits per heavy atom. The number of piperazine rings is 1. The predicted molar refractivity (Wildman–Crippen MR) is 83.2 cm³/mol. The monoisotopic (exact) mass is 298 g/mol. The van der Waals surface area contributed by atoms with E-state index in [4.69, 9.17) is 0 Å². The topological polar surface area (TPSA) is 69.3 Å². The zero-order valence-electron chi connectivity index (χ0n) is 12.5. The zero-order chi connectivity index (χ0) is 15.5. The number of aromatic amines is 1. The van der Waals surface area contributed by atoms with Crippen LogP contribution in [0.2, 0.25) is 0 Å². The van der Waals surface area contributed by atoms with E-state index >= 15 is 0 Å². The minimum atomic E-state index is -0.0619. The summed E-state index contributed by atoms with van der Waals surface area (Å²) >= 11 is 0. The number of ketones is 1. The maximum atomic E-state index is 12.4. The van der Waals surface area contributed by atoms with Gasteiger partial charge in [-0.2, -0.15) is 0 Å². The number of amides is 1. The number of pyridine rings is 1. The van der Waals surface area contributed by atoms with Gasteiger partial charge in [0.25, 0.3) is 5.91 Å². The molecular formula is C16H18N4O2. The Bertz CT molecular complexity index is 672.